The van der Waals surface area contributed by atoms with Crippen LogP contribution in [0.2, 0.25) is 5.02 Å². The summed E-state index contributed by atoms with van der Waals surface area (Å²) in [5, 5.41) is 8.70. The normalized spacial score (nSPS) is 20.3. The Bertz CT molecular complexity index is 519. The summed E-state index contributed by atoms with van der Waals surface area (Å²) in [6.07, 6.45) is -3.25. The Labute approximate surface area is 118 Å². The monoisotopic (exact) mass is 307 g/mol. The fourth-order valence-corrected chi connectivity index (χ4v) is 2.64. The Hall–Kier alpha value is -1.27. The minimum atomic E-state index is -4.51. The number of carbonyl (C=O) groups is 1. The number of halogens is 4. The summed E-state index contributed by atoms with van der Waals surface area (Å²) in [5.41, 5.74) is -0.474. The van der Waals surface area contributed by atoms with Crippen LogP contribution in [-0.4, -0.2) is 28.6 Å². The van der Waals surface area contributed by atoms with Crippen molar-refractivity contribution >= 4 is 17.6 Å². The van der Waals surface area contributed by atoms with Crippen molar-refractivity contribution in [3.8, 4) is 0 Å². The highest BCUT2D eigenvalue weighted by Gasteiger charge is 2.34. The quantitative estimate of drug-likeness (QED) is 0.930. The van der Waals surface area contributed by atoms with Gasteiger partial charge in [-0.05, 0) is 37.1 Å². The van der Waals surface area contributed by atoms with E-state index in [9.17, 15) is 18.0 Å². The van der Waals surface area contributed by atoms with Crippen LogP contribution in [-0.2, 0) is 17.5 Å². The number of hydrogen-bond acceptors (Lipinski definition) is 2. The van der Waals surface area contributed by atoms with Crippen molar-refractivity contribution in [3.63, 3.8) is 0 Å². The first-order valence-corrected chi connectivity index (χ1v) is 6.49. The largest absolute Gasteiger partial charge is 0.480 e. The van der Waals surface area contributed by atoms with Gasteiger partial charge < -0.3 is 5.11 Å². The van der Waals surface area contributed by atoms with Crippen LogP contribution in [0.3, 0.4) is 0 Å². The molecule has 0 saturated carbocycles. The number of nitrogens with zero attached hydrogens (tertiary/aromatic N) is 1. The third kappa shape index (κ3) is 3.24. The highest BCUT2D eigenvalue weighted by atomic mass is 35.5. The fraction of sp³-hybridized carbons (Fsp3) is 0.462. The predicted molar refractivity (Wildman–Crippen MR) is 67.5 cm³/mol. The van der Waals surface area contributed by atoms with Gasteiger partial charge in [-0.3, -0.25) is 9.69 Å². The van der Waals surface area contributed by atoms with Gasteiger partial charge in [0.25, 0.3) is 0 Å². The van der Waals surface area contributed by atoms with Gasteiger partial charge in [0.2, 0.25) is 0 Å². The average Bonchev–Trinajstić information content (AvgIpc) is 2.78. The van der Waals surface area contributed by atoms with E-state index in [0.29, 0.717) is 18.5 Å². The van der Waals surface area contributed by atoms with E-state index in [-0.39, 0.29) is 11.6 Å². The maximum Gasteiger partial charge on any atom is 0.417 e. The topological polar surface area (TPSA) is 40.5 Å². The van der Waals surface area contributed by atoms with Crippen LogP contribution in [0, 0.1) is 0 Å². The molecule has 0 radical (unpaired) electrons. The molecule has 1 N–H and O–H groups in total. The van der Waals surface area contributed by atoms with Crippen LogP contribution in [0.1, 0.15) is 24.0 Å². The van der Waals surface area contributed by atoms with Gasteiger partial charge in [-0.15, -0.1) is 0 Å². The summed E-state index contributed by atoms with van der Waals surface area (Å²) in [6.45, 7) is 0.748. The molecule has 1 aliphatic rings. The maximum atomic E-state index is 12.8. The van der Waals surface area contributed by atoms with E-state index in [1.165, 1.54) is 12.1 Å². The molecular weight excluding hydrogens is 295 g/mol. The minimum absolute atomic E-state index is 0.178. The lowest BCUT2D eigenvalue weighted by Gasteiger charge is -2.21. The van der Waals surface area contributed by atoms with Crippen molar-refractivity contribution in [2.24, 2.45) is 0 Å². The van der Waals surface area contributed by atoms with E-state index in [1.54, 1.807) is 4.90 Å². The lowest BCUT2D eigenvalue weighted by atomic mass is 10.1. The molecule has 1 atom stereocenters. The molecule has 1 aromatic rings. The molecule has 2 rings (SSSR count). The Morgan fingerprint density at radius 1 is 1.45 bits per heavy atom. The first kappa shape index (κ1) is 15.1. The lowest BCUT2D eigenvalue weighted by molar-refractivity contribution is -0.142. The van der Waals surface area contributed by atoms with Crippen LogP contribution in [0.15, 0.2) is 18.2 Å². The first-order valence-electron chi connectivity index (χ1n) is 6.11. The third-order valence-corrected chi connectivity index (χ3v) is 3.70. The van der Waals surface area contributed by atoms with E-state index in [2.05, 4.69) is 0 Å². The van der Waals surface area contributed by atoms with Crippen LogP contribution in [0.4, 0.5) is 13.2 Å². The molecule has 0 bridgehead atoms. The van der Waals surface area contributed by atoms with E-state index in [4.69, 9.17) is 16.7 Å². The fourth-order valence-electron chi connectivity index (χ4n) is 2.42. The molecule has 1 heterocycles. The summed E-state index contributed by atoms with van der Waals surface area (Å²) < 4.78 is 38.3. The number of likely N-dealkylation sites (tertiary alicyclic amines) is 1. The predicted octanol–water partition coefficient (Wildman–Crippen LogP) is 3.41. The van der Waals surface area contributed by atoms with Crippen LogP contribution in [0.25, 0.3) is 0 Å². The second-order valence-electron chi connectivity index (χ2n) is 4.78. The molecule has 1 saturated heterocycles. The Morgan fingerprint density at radius 3 is 2.75 bits per heavy atom. The van der Waals surface area contributed by atoms with Crippen molar-refractivity contribution < 1.29 is 23.1 Å². The SMILES string of the molecule is O=C(O)[C@H]1CCCN1Cc1ccc(Cl)c(C(F)(F)F)c1. The van der Waals surface area contributed by atoms with Gasteiger partial charge in [-0.2, -0.15) is 13.2 Å². The molecule has 0 aliphatic carbocycles. The summed E-state index contributed by atoms with van der Waals surface area (Å²) in [4.78, 5) is 12.7. The van der Waals surface area contributed by atoms with Crippen molar-refractivity contribution in [3.05, 3.63) is 34.3 Å². The average molecular weight is 308 g/mol. The Balaban J connectivity index is 2.20. The second-order valence-corrected chi connectivity index (χ2v) is 5.19. The minimum Gasteiger partial charge on any atom is -0.480 e. The summed E-state index contributed by atoms with van der Waals surface area (Å²) in [7, 11) is 0. The highest BCUT2D eigenvalue weighted by Crippen LogP contribution is 2.35. The molecule has 7 heteroatoms. The number of rotatable bonds is 3. The van der Waals surface area contributed by atoms with Gasteiger partial charge in [-0.25, -0.2) is 0 Å². The number of benzene rings is 1. The molecule has 0 spiro atoms. The molecule has 20 heavy (non-hydrogen) atoms. The maximum absolute atomic E-state index is 12.8. The van der Waals surface area contributed by atoms with Gasteiger partial charge >= 0.3 is 12.1 Å². The van der Waals surface area contributed by atoms with Crippen molar-refractivity contribution in [1.82, 2.24) is 4.90 Å². The molecule has 3 nitrogen and oxygen atoms in total. The van der Waals surface area contributed by atoms with Crippen LogP contribution in [0.5, 0.6) is 0 Å². The van der Waals surface area contributed by atoms with Crippen LogP contribution < -0.4 is 0 Å². The van der Waals surface area contributed by atoms with Crippen molar-refractivity contribution in [2.45, 2.75) is 31.6 Å². The number of alkyl halides is 3. The van der Waals surface area contributed by atoms with Crippen molar-refractivity contribution in [1.29, 1.82) is 0 Å². The highest BCUT2D eigenvalue weighted by molar-refractivity contribution is 6.31. The Kier molecular flexibility index (Phi) is 4.25. The molecule has 1 aromatic carbocycles. The smallest absolute Gasteiger partial charge is 0.417 e. The molecule has 1 fully saturated rings. The molecule has 1 aliphatic heterocycles. The van der Waals surface area contributed by atoms with E-state index in [0.717, 1.165) is 12.5 Å². The van der Waals surface area contributed by atoms with Crippen molar-refractivity contribution in [2.75, 3.05) is 6.54 Å². The zero-order valence-corrected chi connectivity index (χ0v) is 11.2. The van der Waals surface area contributed by atoms with Gasteiger partial charge in [0, 0.05) is 6.54 Å². The van der Waals surface area contributed by atoms with E-state index in [1.807, 2.05) is 0 Å². The molecule has 0 aromatic heterocycles. The molecular formula is C13H13ClF3NO2. The number of carboxylic acid groups (broad SMARTS) is 1. The van der Waals surface area contributed by atoms with Gasteiger partial charge in [0.05, 0.1) is 10.6 Å². The number of aliphatic carboxylic acids is 1. The van der Waals surface area contributed by atoms with Gasteiger partial charge in [-0.1, -0.05) is 17.7 Å². The molecule has 110 valence electrons. The number of hydrogen-bond donors (Lipinski definition) is 1. The van der Waals surface area contributed by atoms with Gasteiger partial charge in [0.15, 0.2) is 0 Å². The lowest BCUT2D eigenvalue weighted by Crippen LogP contribution is -2.35. The standard InChI is InChI=1S/C13H13ClF3NO2/c14-10-4-3-8(6-9(10)13(15,16)17)7-18-5-1-2-11(18)12(19)20/h3-4,6,11H,1-2,5,7H2,(H,19,20)/t11-/m1/s1. The Morgan fingerprint density at radius 2 is 2.15 bits per heavy atom. The summed E-state index contributed by atoms with van der Waals surface area (Å²) in [6, 6.07) is 3.06. The molecule has 0 unspecified atom stereocenters. The van der Waals surface area contributed by atoms with E-state index >= 15 is 0 Å². The van der Waals surface area contributed by atoms with Gasteiger partial charge in [0.1, 0.15) is 6.04 Å². The zero-order chi connectivity index (χ0) is 14.9. The van der Waals surface area contributed by atoms with Crippen LogP contribution >= 0.6 is 11.6 Å². The summed E-state index contributed by atoms with van der Waals surface area (Å²) >= 11 is 5.55. The molecule has 0 amide bonds. The zero-order valence-electron chi connectivity index (χ0n) is 10.5. The van der Waals surface area contributed by atoms with E-state index < -0.39 is 23.8 Å². The third-order valence-electron chi connectivity index (χ3n) is 3.37. The second kappa shape index (κ2) is 5.61. The number of carboxylic acids is 1. The first-order chi connectivity index (χ1) is 9.29. The summed E-state index contributed by atoms with van der Waals surface area (Å²) in [5.74, 6) is -0.937.